The van der Waals surface area contributed by atoms with Crippen molar-refractivity contribution < 1.29 is 9.84 Å². The summed E-state index contributed by atoms with van der Waals surface area (Å²) < 4.78 is 7.32. The van der Waals surface area contributed by atoms with Crippen LogP contribution >= 0.6 is 11.6 Å². The van der Waals surface area contributed by atoms with Crippen LogP contribution < -0.4 is 11.2 Å². The molecule has 0 aliphatic heterocycles. The fourth-order valence-corrected chi connectivity index (χ4v) is 2.34. The molecular weight excluding hydrogens is 334 g/mol. The first-order valence-electron chi connectivity index (χ1n) is 7.13. The SMILES string of the molecule is Cn1cc(C#N)c(=O)n(C[C@@H](O)COCc2ccccc2Cl)c1=O. The summed E-state index contributed by atoms with van der Waals surface area (Å²) in [6.45, 7) is -0.150. The second-order valence-corrected chi connectivity index (χ2v) is 5.63. The average molecular weight is 350 g/mol. The summed E-state index contributed by atoms with van der Waals surface area (Å²) in [5.41, 5.74) is -0.734. The molecule has 0 bridgehead atoms. The molecule has 0 amide bonds. The van der Waals surface area contributed by atoms with Gasteiger partial charge in [-0.05, 0) is 11.6 Å². The van der Waals surface area contributed by atoms with E-state index in [0.717, 1.165) is 14.7 Å². The van der Waals surface area contributed by atoms with Gasteiger partial charge in [0.15, 0.2) is 0 Å². The van der Waals surface area contributed by atoms with E-state index < -0.39 is 17.4 Å². The van der Waals surface area contributed by atoms with Gasteiger partial charge in [-0.1, -0.05) is 29.8 Å². The first-order chi connectivity index (χ1) is 11.4. The van der Waals surface area contributed by atoms with Gasteiger partial charge in [0.05, 0.1) is 25.9 Å². The standard InChI is InChI=1S/C16H16ClN3O4/c1-19-7-12(6-18)15(22)20(16(19)23)8-13(21)10-24-9-11-4-2-3-5-14(11)17/h2-5,7,13,21H,8-10H2,1H3/t13-/m1/s1. The van der Waals surface area contributed by atoms with Gasteiger partial charge in [0.2, 0.25) is 0 Å². The van der Waals surface area contributed by atoms with Crippen molar-refractivity contribution in [2.45, 2.75) is 19.3 Å². The van der Waals surface area contributed by atoms with Crippen molar-refractivity contribution in [3.63, 3.8) is 0 Å². The number of hydrogen-bond acceptors (Lipinski definition) is 5. The van der Waals surface area contributed by atoms with Crippen molar-refractivity contribution in [2.24, 2.45) is 7.05 Å². The van der Waals surface area contributed by atoms with Gasteiger partial charge in [-0.25, -0.2) is 4.79 Å². The highest BCUT2D eigenvalue weighted by atomic mass is 35.5. The summed E-state index contributed by atoms with van der Waals surface area (Å²) in [6, 6.07) is 8.87. The normalized spacial score (nSPS) is 11.9. The van der Waals surface area contributed by atoms with Gasteiger partial charge in [0.1, 0.15) is 11.6 Å². The van der Waals surface area contributed by atoms with E-state index in [1.54, 1.807) is 24.3 Å². The molecule has 0 aliphatic rings. The predicted molar refractivity (Wildman–Crippen MR) is 87.8 cm³/mol. The molecule has 0 radical (unpaired) electrons. The molecule has 0 saturated heterocycles. The molecule has 0 aliphatic carbocycles. The first-order valence-corrected chi connectivity index (χ1v) is 7.51. The Kier molecular flexibility index (Phi) is 5.93. The molecule has 8 heteroatoms. The van der Waals surface area contributed by atoms with E-state index in [0.29, 0.717) is 5.02 Å². The third kappa shape index (κ3) is 4.11. The Morgan fingerprint density at radius 3 is 2.75 bits per heavy atom. The second-order valence-electron chi connectivity index (χ2n) is 5.22. The molecular formula is C16H16ClN3O4. The third-order valence-electron chi connectivity index (χ3n) is 3.37. The number of halogens is 1. The van der Waals surface area contributed by atoms with Crippen molar-refractivity contribution in [3.05, 3.63) is 67.4 Å². The number of ether oxygens (including phenoxy) is 1. The predicted octanol–water partition coefficient (Wildman–Crippen LogP) is 0.650. The highest BCUT2D eigenvalue weighted by Gasteiger charge is 2.14. The number of nitrogens with zero attached hydrogens (tertiary/aromatic N) is 3. The highest BCUT2D eigenvalue weighted by Crippen LogP contribution is 2.15. The molecule has 2 rings (SSSR count). The van der Waals surface area contributed by atoms with Crippen LogP contribution in [0.15, 0.2) is 40.1 Å². The number of rotatable bonds is 6. The zero-order valence-electron chi connectivity index (χ0n) is 13.0. The summed E-state index contributed by atoms with van der Waals surface area (Å²) in [6.07, 6.45) is 0.0911. The number of aryl methyl sites for hydroxylation is 1. The van der Waals surface area contributed by atoms with Crippen LogP contribution in [0.25, 0.3) is 0 Å². The number of benzene rings is 1. The molecule has 0 fully saturated rings. The highest BCUT2D eigenvalue weighted by molar-refractivity contribution is 6.31. The molecule has 126 valence electrons. The molecule has 2 aromatic rings. The van der Waals surface area contributed by atoms with Gasteiger partial charge in [0, 0.05) is 18.3 Å². The van der Waals surface area contributed by atoms with Crippen molar-refractivity contribution in [3.8, 4) is 6.07 Å². The van der Waals surface area contributed by atoms with Crippen molar-refractivity contribution in [2.75, 3.05) is 6.61 Å². The summed E-state index contributed by atoms with van der Waals surface area (Å²) in [5, 5.41) is 19.5. The Hall–Kier alpha value is -2.40. The molecule has 1 atom stereocenters. The van der Waals surface area contributed by atoms with Gasteiger partial charge in [0.25, 0.3) is 5.56 Å². The zero-order chi connectivity index (χ0) is 17.7. The molecule has 0 unspecified atom stereocenters. The molecule has 24 heavy (non-hydrogen) atoms. The van der Waals surface area contributed by atoms with Gasteiger partial charge in [-0.15, -0.1) is 0 Å². The topological polar surface area (TPSA) is 97.2 Å². The van der Waals surface area contributed by atoms with E-state index in [4.69, 9.17) is 21.6 Å². The second kappa shape index (κ2) is 7.93. The van der Waals surface area contributed by atoms with Crippen LogP contribution in [-0.4, -0.2) is 27.0 Å². The van der Waals surface area contributed by atoms with Crippen LogP contribution in [0.3, 0.4) is 0 Å². The van der Waals surface area contributed by atoms with Crippen LogP contribution in [0.5, 0.6) is 0 Å². The largest absolute Gasteiger partial charge is 0.389 e. The molecule has 0 spiro atoms. The summed E-state index contributed by atoms with van der Waals surface area (Å²) >= 11 is 6.00. The van der Waals surface area contributed by atoms with Gasteiger partial charge < -0.3 is 14.4 Å². The lowest BCUT2D eigenvalue weighted by Crippen LogP contribution is -2.43. The minimum absolute atomic E-state index is 0.0857. The maximum absolute atomic E-state index is 12.0. The lowest BCUT2D eigenvalue weighted by molar-refractivity contribution is 0.0191. The maximum atomic E-state index is 12.0. The number of hydrogen-bond donors (Lipinski definition) is 1. The monoisotopic (exact) mass is 349 g/mol. The lowest BCUT2D eigenvalue weighted by atomic mass is 10.2. The zero-order valence-corrected chi connectivity index (χ0v) is 13.7. The average Bonchev–Trinajstić information content (AvgIpc) is 2.56. The van der Waals surface area contributed by atoms with Gasteiger partial charge >= 0.3 is 5.69 Å². The Balaban J connectivity index is 2.03. The fourth-order valence-electron chi connectivity index (χ4n) is 2.15. The van der Waals surface area contributed by atoms with Crippen molar-refractivity contribution >= 4 is 11.6 Å². The molecule has 1 heterocycles. The summed E-state index contributed by atoms with van der Waals surface area (Å²) in [4.78, 5) is 24.0. The number of nitriles is 1. The van der Waals surface area contributed by atoms with E-state index in [-0.39, 0.29) is 25.3 Å². The van der Waals surface area contributed by atoms with E-state index in [2.05, 4.69) is 0 Å². The minimum atomic E-state index is -1.08. The van der Waals surface area contributed by atoms with Crippen LogP contribution in [0.1, 0.15) is 11.1 Å². The summed E-state index contributed by atoms with van der Waals surface area (Å²) in [5.74, 6) is 0. The Labute approximate surface area is 142 Å². The van der Waals surface area contributed by atoms with E-state index in [1.165, 1.54) is 13.2 Å². The smallest absolute Gasteiger partial charge is 0.330 e. The maximum Gasteiger partial charge on any atom is 0.330 e. The van der Waals surface area contributed by atoms with Gasteiger partial charge in [-0.2, -0.15) is 5.26 Å². The number of aromatic nitrogens is 2. The number of aliphatic hydroxyl groups is 1. The Bertz CT molecular complexity index is 882. The van der Waals surface area contributed by atoms with Crippen LogP contribution in [0.2, 0.25) is 5.02 Å². The van der Waals surface area contributed by atoms with Crippen molar-refractivity contribution in [1.82, 2.24) is 9.13 Å². The first kappa shape index (κ1) is 17.9. The summed E-state index contributed by atoms with van der Waals surface area (Å²) in [7, 11) is 1.43. The fraction of sp³-hybridized carbons (Fsp3) is 0.312. The quantitative estimate of drug-likeness (QED) is 0.825. The van der Waals surface area contributed by atoms with E-state index >= 15 is 0 Å². The Morgan fingerprint density at radius 2 is 2.08 bits per heavy atom. The molecule has 1 aromatic heterocycles. The Morgan fingerprint density at radius 1 is 1.38 bits per heavy atom. The minimum Gasteiger partial charge on any atom is -0.389 e. The van der Waals surface area contributed by atoms with E-state index in [1.807, 2.05) is 6.07 Å². The van der Waals surface area contributed by atoms with Crippen LogP contribution in [0.4, 0.5) is 0 Å². The van der Waals surface area contributed by atoms with Crippen LogP contribution in [-0.2, 0) is 24.9 Å². The lowest BCUT2D eigenvalue weighted by Gasteiger charge is -2.14. The molecule has 1 N–H and O–H groups in total. The third-order valence-corrected chi connectivity index (χ3v) is 3.74. The van der Waals surface area contributed by atoms with Gasteiger partial charge in [-0.3, -0.25) is 9.36 Å². The number of aliphatic hydroxyl groups excluding tert-OH is 1. The van der Waals surface area contributed by atoms with E-state index in [9.17, 15) is 14.7 Å². The molecule has 7 nitrogen and oxygen atoms in total. The molecule has 0 saturated carbocycles. The molecule has 1 aromatic carbocycles. The van der Waals surface area contributed by atoms with Crippen molar-refractivity contribution in [1.29, 1.82) is 5.26 Å². The van der Waals surface area contributed by atoms with Crippen LogP contribution in [0, 0.1) is 11.3 Å².